The first kappa shape index (κ1) is 22.5. The van der Waals surface area contributed by atoms with Crippen LogP contribution in [0.2, 0.25) is 0 Å². The van der Waals surface area contributed by atoms with Crippen LogP contribution in [0.4, 0.5) is 5.69 Å². The average Bonchev–Trinajstić information content (AvgIpc) is 3.44. The summed E-state index contributed by atoms with van der Waals surface area (Å²) >= 11 is 0. The van der Waals surface area contributed by atoms with E-state index in [9.17, 15) is 18.0 Å². The summed E-state index contributed by atoms with van der Waals surface area (Å²) in [5.74, 6) is -0.231. The maximum absolute atomic E-state index is 13.1. The number of hydrogen-bond donors (Lipinski definition) is 0. The van der Waals surface area contributed by atoms with Crippen LogP contribution >= 0.6 is 0 Å². The topological polar surface area (TPSA) is 112 Å². The van der Waals surface area contributed by atoms with E-state index in [1.54, 1.807) is 60.9 Å². The maximum atomic E-state index is 13.1. The zero-order chi connectivity index (χ0) is 23.8. The molecule has 172 valence electrons. The van der Waals surface area contributed by atoms with Gasteiger partial charge in [0.2, 0.25) is 0 Å². The lowest BCUT2D eigenvalue weighted by atomic mass is 10.2. The normalized spacial score (nSPS) is 16.6. The number of carbonyl (C=O) groups is 2. The predicted octanol–water partition coefficient (Wildman–Crippen LogP) is 2.89. The zero-order valence-corrected chi connectivity index (χ0v) is 19.2. The van der Waals surface area contributed by atoms with Crippen LogP contribution in [-0.4, -0.2) is 48.4 Å². The number of nitrogens with zero attached hydrogens (tertiary/aromatic N) is 3. The summed E-state index contributed by atoms with van der Waals surface area (Å²) in [5, 5.41) is 5.09. The quantitative estimate of drug-likeness (QED) is 0.510. The number of aromatic nitrogens is 2. The van der Waals surface area contributed by atoms with Crippen molar-refractivity contribution in [2.24, 2.45) is 0 Å². The Morgan fingerprint density at radius 2 is 1.91 bits per heavy atom. The Morgan fingerprint density at radius 3 is 2.52 bits per heavy atom. The number of aryl methyl sites for hydroxylation is 2. The van der Waals surface area contributed by atoms with Crippen LogP contribution < -0.4 is 4.90 Å². The van der Waals surface area contributed by atoms with Crippen molar-refractivity contribution in [3.63, 3.8) is 0 Å². The Balaban J connectivity index is 1.52. The molecule has 1 aromatic carbocycles. The molecule has 9 nitrogen and oxygen atoms in total. The molecule has 10 heteroatoms. The van der Waals surface area contributed by atoms with Crippen molar-refractivity contribution in [2.75, 3.05) is 17.3 Å². The van der Waals surface area contributed by atoms with Crippen molar-refractivity contribution in [2.45, 2.75) is 26.8 Å². The second-order valence-electron chi connectivity index (χ2n) is 7.82. The van der Waals surface area contributed by atoms with E-state index in [-0.39, 0.29) is 5.75 Å². The fourth-order valence-electron chi connectivity index (χ4n) is 3.88. The van der Waals surface area contributed by atoms with Gasteiger partial charge in [-0.1, -0.05) is 23.4 Å². The third-order valence-electron chi connectivity index (χ3n) is 5.37. The number of rotatable bonds is 6. The number of para-hydroxylation sites is 1. The first-order valence-corrected chi connectivity index (χ1v) is 12.0. The van der Waals surface area contributed by atoms with E-state index in [2.05, 4.69) is 5.16 Å². The Hall–Kier alpha value is -3.66. The molecule has 1 aliphatic heterocycles. The van der Waals surface area contributed by atoms with Gasteiger partial charge in [-0.05, 0) is 45.0 Å². The number of sulfone groups is 1. The molecule has 0 fully saturated rings. The summed E-state index contributed by atoms with van der Waals surface area (Å²) in [7, 11) is -3.39. The van der Waals surface area contributed by atoms with Crippen molar-refractivity contribution in [1.29, 1.82) is 0 Å². The van der Waals surface area contributed by atoms with E-state index in [1.807, 2.05) is 6.92 Å². The second-order valence-corrected chi connectivity index (χ2v) is 9.75. The third kappa shape index (κ3) is 4.61. The highest BCUT2D eigenvalue weighted by molar-refractivity contribution is 7.94. The largest absolute Gasteiger partial charge is 0.452 e. The molecule has 0 bridgehead atoms. The summed E-state index contributed by atoms with van der Waals surface area (Å²) in [6, 6.07) is 11.4. The lowest BCUT2D eigenvalue weighted by Crippen LogP contribution is -2.43. The molecule has 1 amide bonds. The van der Waals surface area contributed by atoms with Crippen LogP contribution in [0.1, 0.15) is 27.5 Å². The van der Waals surface area contributed by atoms with E-state index < -0.39 is 34.4 Å². The molecule has 33 heavy (non-hydrogen) atoms. The lowest BCUT2D eigenvalue weighted by molar-refractivity contribution is -0.121. The molecule has 0 spiro atoms. The van der Waals surface area contributed by atoms with Crippen LogP contribution in [0.15, 0.2) is 58.5 Å². The summed E-state index contributed by atoms with van der Waals surface area (Å²) in [6.07, 6.45) is 1.47. The molecule has 0 radical (unpaired) electrons. The Kier molecular flexibility index (Phi) is 5.94. The molecule has 4 rings (SSSR count). The number of esters is 1. The van der Waals surface area contributed by atoms with Gasteiger partial charge in [-0.25, -0.2) is 13.2 Å². The summed E-state index contributed by atoms with van der Waals surface area (Å²) in [4.78, 5) is 27.2. The molecule has 0 saturated heterocycles. The molecule has 0 unspecified atom stereocenters. The van der Waals surface area contributed by atoms with Crippen molar-refractivity contribution in [3.8, 4) is 5.82 Å². The molecule has 1 atom stereocenters. The van der Waals surface area contributed by atoms with Crippen molar-refractivity contribution >= 4 is 27.4 Å². The van der Waals surface area contributed by atoms with Gasteiger partial charge in [0.15, 0.2) is 22.3 Å². The molecular formula is C23H23N3O6S. The number of amides is 1. The van der Waals surface area contributed by atoms with Gasteiger partial charge >= 0.3 is 5.97 Å². The van der Waals surface area contributed by atoms with Gasteiger partial charge in [0, 0.05) is 28.5 Å². The van der Waals surface area contributed by atoms with E-state index in [1.165, 1.54) is 11.0 Å². The highest BCUT2D eigenvalue weighted by Gasteiger charge is 2.32. The smallest absolute Gasteiger partial charge is 0.340 e. The molecule has 0 N–H and O–H groups in total. The Morgan fingerprint density at radius 1 is 1.18 bits per heavy atom. The van der Waals surface area contributed by atoms with E-state index >= 15 is 0 Å². The van der Waals surface area contributed by atoms with Gasteiger partial charge < -0.3 is 14.2 Å². The van der Waals surface area contributed by atoms with Crippen molar-refractivity contribution in [3.05, 3.63) is 76.7 Å². The third-order valence-corrected chi connectivity index (χ3v) is 6.75. The van der Waals surface area contributed by atoms with Crippen LogP contribution in [0.3, 0.4) is 0 Å². The number of anilines is 1. The van der Waals surface area contributed by atoms with Gasteiger partial charge in [0.05, 0.1) is 17.4 Å². The monoisotopic (exact) mass is 469 g/mol. The van der Waals surface area contributed by atoms with Crippen LogP contribution in [-0.2, 0) is 19.4 Å². The molecule has 1 aliphatic rings. The minimum atomic E-state index is -3.39. The predicted molar refractivity (Wildman–Crippen MR) is 121 cm³/mol. The molecule has 3 heterocycles. The SMILES string of the molecule is Cc1cc(-n2c(C)cc(C(=O)OCC(=O)N(c3ccccc3)[C@H]3C=CS(=O)(=O)C3)c2C)no1. The fraction of sp³-hybridized carbons (Fsp3) is 0.261. The Labute approximate surface area is 191 Å². The first-order chi connectivity index (χ1) is 15.7. The summed E-state index contributed by atoms with van der Waals surface area (Å²) in [5.41, 5.74) is 2.18. The second kappa shape index (κ2) is 8.70. The summed E-state index contributed by atoms with van der Waals surface area (Å²) < 4.78 is 36.1. The molecule has 2 aromatic heterocycles. The van der Waals surface area contributed by atoms with Crippen molar-refractivity contribution in [1.82, 2.24) is 9.72 Å². The summed E-state index contributed by atoms with van der Waals surface area (Å²) in [6.45, 7) is 4.81. The van der Waals surface area contributed by atoms with Gasteiger partial charge in [0.1, 0.15) is 5.76 Å². The van der Waals surface area contributed by atoms with Gasteiger partial charge in [0.25, 0.3) is 5.91 Å². The molecular weight excluding hydrogens is 446 g/mol. The highest BCUT2D eigenvalue weighted by atomic mass is 32.2. The zero-order valence-electron chi connectivity index (χ0n) is 18.4. The minimum absolute atomic E-state index is 0.222. The number of carbonyl (C=O) groups excluding carboxylic acids is 2. The van der Waals surface area contributed by atoms with E-state index in [0.29, 0.717) is 28.5 Å². The minimum Gasteiger partial charge on any atom is -0.452 e. The van der Waals surface area contributed by atoms with Crippen molar-refractivity contribution < 1.29 is 27.3 Å². The van der Waals surface area contributed by atoms with Gasteiger partial charge in [-0.3, -0.25) is 9.36 Å². The van der Waals surface area contributed by atoms with Gasteiger partial charge in [-0.15, -0.1) is 0 Å². The molecule has 0 aliphatic carbocycles. The standard InChI is InChI=1S/C23H23N3O6S/c1-15-11-20(17(3)25(15)21-12-16(2)32-24-21)23(28)31-13-22(27)26(18-7-5-4-6-8-18)19-9-10-33(29,30)14-19/h4-12,19H,13-14H2,1-3H3/t19-/m0/s1. The van der Waals surface area contributed by atoms with E-state index in [4.69, 9.17) is 9.26 Å². The van der Waals surface area contributed by atoms with E-state index in [0.717, 1.165) is 11.1 Å². The number of ether oxygens (including phenoxy) is 1. The van der Waals surface area contributed by atoms with Crippen LogP contribution in [0.5, 0.6) is 0 Å². The fourth-order valence-corrected chi connectivity index (χ4v) is 5.15. The molecule has 3 aromatic rings. The number of benzene rings is 1. The highest BCUT2D eigenvalue weighted by Crippen LogP contribution is 2.24. The van der Waals surface area contributed by atoms with Crippen LogP contribution in [0.25, 0.3) is 5.82 Å². The van der Waals surface area contributed by atoms with Crippen LogP contribution in [0, 0.1) is 20.8 Å². The lowest BCUT2D eigenvalue weighted by Gasteiger charge is -2.27. The average molecular weight is 470 g/mol. The first-order valence-electron chi connectivity index (χ1n) is 10.2. The number of hydrogen-bond acceptors (Lipinski definition) is 7. The van der Waals surface area contributed by atoms with Gasteiger partial charge in [-0.2, -0.15) is 0 Å². The molecule has 0 saturated carbocycles. The Bertz CT molecular complexity index is 1340. The maximum Gasteiger partial charge on any atom is 0.340 e.